The van der Waals surface area contributed by atoms with Crippen molar-refractivity contribution in [3.63, 3.8) is 0 Å². The number of hydrogen-bond acceptors (Lipinski definition) is 3. The van der Waals surface area contributed by atoms with Crippen LogP contribution in [0.5, 0.6) is 0 Å². The molecular weight excluding hydrogens is 204 g/mol. The van der Waals surface area contributed by atoms with Crippen molar-refractivity contribution in [3.05, 3.63) is 23.9 Å². The van der Waals surface area contributed by atoms with E-state index in [9.17, 15) is 4.79 Å². The quantitative estimate of drug-likeness (QED) is 0.828. The largest absolute Gasteiger partial charge is 0.477 e. The van der Waals surface area contributed by atoms with Gasteiger partial charge in [-0.1, -0.05) is 13.0 Å². The summed E-state index contributed by atoms with van der Waals surface area (Å²) in [5, 5.41) is 8.89. The number of anilines is 1. The number of hydrogen-bond donors (Lipinski definition) is 1. The van der Waals surface area contributed by atoms with Crippen molar-refractivity contribution in [2.24, 2.45) is 5.92 Å². The predicted molar refractivity (Wildman–Crippen MR) is 61.8 cm³/mol. The van der Waals surface area contributed by atoms with Crippen molar-refractivity contribution in [1.29, 1.82) is 0 Å². The average Bonchev–Trinajstić information content (AvgIpc) is 2.60. The van der Waals surface area contributed by atoms with E-state index in [0.29, 0.717) is 12.0 Å². The molecule has 16 heavy (non-hydrogen) atoms. The molecule has 0 saturated carbocycles. The molecule has 0 bridgehead atoms. The number of aromatic nitrogens is 1. The molecule has 0 spiro atoms. The molecule has 0 amide bonds. The number of pyridine rings is 1. The zero-order valence-corrected chi connectivity index (χ0v) is 9.55. The molecule has 0 aliphatic carbocycles. The lowest BCUT2D eigenvalue weighted by Crippen LogP contribution is -2.30. The first-order chi connectivity index (χ1) is 7.59. The molecule has 1 aliphatic rings. The molecule has 2 heterocycles. The smallest absolute Gasteiger partial charge is 0.354 e. The van der Waals surface area contributed by atoms with Crippen LogP contribution in [-0.4, -0.2) is 28.6 Å². The molecule has 2 rings (SSSR count). The molecule has 1 aromatic heterocycles. The Kier molecular flexibility index (Phi) is 2.81. The van der Waals surface area contributed by atoms with Crippen LogP contribution >= 0.6 is 0 Å². The number of aromatic carboxylic acids is 1. The van der Waals surface area contributed by atoms with Crippen LogP contribution in [0.4, 0.5) is 5.82 Å². The van der Waals surface area contributed by atoms with E-state index in [-0.39, 0.29) is 5.69 Å². The van der Waals surface area contributed by atoms with Gasteiger partial charge >= 0.3 is 5.97 Å². The summed E-state index contributed by atoms with van der Waals surface area (Å²) >= 11 is 0. The second-order valence-electron chi connectivity index (χ2n) is 4.39. The fourth-order valence-electron chi connectivity index (χ4n) is 2.12. The minimum absolute atomic E-state index is 0.115. The molecule has 86 valence electrons. The van der Waals surface area contributed by atoms with Gasteiger partial charge in [-0.05, 0) is 31.4 Å². The average molecular weight is 220 g/mol. The van der Waals surface area contributed by atoms with Crippen LogP contribution in [0.3, 0.4) is 0 Å². The van der Waals surface area contributed by atoms with Crippen LogP contribution in [0.15, 0.2) is 18.2 Å². The maximum atomic E-state index is 10.8. The predicted octanol–water partition coefficient (Wildman–Crippen LogP) is 2.01. The third kappa shape index (κ3) is 1.87. The number of nitrogens with zero attached hydrogens (tertiary/aromatic N) is 2. The minimum Gasteiger partial charge on any atom is -0.477 e. The van der Waals surface area contributed by atoms with Gasteiger partial charge in [0.15, 0.2) is 5.69 Å². The Bertz CT molecular complexity index is 406. The molecule has 0 aromatic carbocycles. The third-order valence-corrected chi connectivity index (χ3v) is 3.39. The second-order valence-corrected chi connectivity index (χ2v) is 4.39. The summed E-state index contributed by atoms with van der Waals surface area (Å²) in [6.45, 7) is 5.33. The van der Waals surface area contributed by atoms with Crippen LogP contribution in [0.25, 0.3) is 0 Å². The van der Waals surface area contributed by atoms with Crippen LogP contribution in [0, 0.1) is 5.92 Å². The maximum absolute atomic E-state index is 10.8. The Morgan fingerprint density at radius 2 is 2.25 bits per heavy atom. The lowest BCUT2D eigenvalue weighted by molar-refractivity contribution is 0.0690. The zero-order valence-electron chi connectivity index (χ0n) is 9.55. The summed E-state index contributed by atoms with van der Waals surface area (Å²) in [5.41, 5.74) is 0.115. The lowest BCUT2D eigenvalue weighted by atomic mass is 10.1. The first-order valence-electron chi connectivity index (χ1n) is 5.56. The summed E-state index contributed by atoms with van der Waals surface area (Å²) in [5.74, 6) is 0.439. The second kappa shape index (κ2) is 4.12. The van der Waals surface area contributed by atoms with Gasteiger partial charge in [0.2, 0.25) is 0 Å². The Hall–Kier alpha value is -1.58. The van der Waals surface area contributed by atoms with Gasteiger partial charge < -0.3 is 10.0 Å². The highest BCUT2D eigenvalue weighted by atomic mass is 16.4. The Labute approximate surface area is 94.9 Å². The summed E-state index contributed by atoms with van der Waals surface area (Å²) < 4.78 is 0. The van der Waals surface area contributed by atoms with Crippen molar-refractivity contribution < 1.29 is 9.90 Å². The van der Waals surface area contributed by atoms with Crippen LogP contribution in [0.1, 0.15) is 30.8 Å². The van der Waals surface area contributed by atoms with Crippen LogP contribution in [0.2, 0.25) is 0 Å². The van der Waals surface area contributed by atoms with Crippen molar-refractivity contribution in [2.45, 2.75) is 26.3 Å². The number of carboxylic acids is 1. The normalized spacial score (nSPS) is 24.8. The summed E-state index contributed by atoms with van der Waals surface area (Å²) in [6.07, 6.45) is 1.14. The Morgan fingerprint density at radius 1 is 1.50 bits per heavy atom. The Balaban J connectivity index is 2.27. The molecule has 2 unspecified atom stereocenters. The first-order valence-corrected chi connectivity index (χ1v) is 5.56. The molecule has 2 atom stereocenters. The number of carbonyl (C=O) groups is 1. The molecular formula is C12H16N2O2. The van der Waals surface area contributed by atoms with E-state index >= 15 is 0 Å². The Morgan fingerprint density at radius 3 is 2.81 bits per heavy atom. The molecule has 4 nitrogen and oxygen atoms in total. The molecule has 1 fully saturated rings. The van der Waals surface area contributed by atoms with Gasteiger partial charge in [0.25, 0.3) is 0 Å². The summed E-state index contributed by atoms with van der Waals surface area (Å²) in [6, 6.07) is 5.58. The van der Waals surface area contributed by atoms with E-state index < -0.39 is 5.97 Å². The van der Waals surface area contributed by atoms with Gasteiger partial charge in [0.05, 0.1) is 0 Å². The first kappa shape index (κ1) is 10.9. The molecule has 0 radical (unpaired) electrons. The summed E-state index contributed by atoms with van der Waals surface area (Å²) in [7, 11) is 0. The molecule has 1 aromatic rings. The lowest BCUT2D eigenvalue weighted by Gasteiger charge is -2.24. The van der Waals surface area contributed by atoms with Crippen molar-refractivity contribution in [1.82, 2.24) is 4.98 Å². The van der Waals surface area contributed by atoms with E-state index in [0.717, 1.165) is 18.8 Å². The van der Waals surface area contributed by atoms with Gasteiger partial charge in [-0.25, -0.2) is 9.78 Å². The van der Waals surface area contributed by atoms with E-state index in [1.165, 1.54) is 6.07 Å². The molecule has 1 N–H and O–H groups in total. The van der Waals surface area contributed by atoms with Gasteiger partial charge in [-0.2, -0.15) is 0 Å². The van der Waals surface area contributed by atoms with E-state index in [2.05, 4.69) is 23.7 Å². The summed E-state index contributed by atoms with van der Waals surface area (Å²) in [4.78, 5) is 17.2. The van der Waals surface area contributed by atoms with E-state index in [1.54, 1.807) is 6.07 Å². The number of rotatable bonds is 2. The maximum Gasteiger partial charge on any atom is 0.354 e. The minimum atomic E-state index is -0.971. The fraction of sp³-hybridized carbons (Fsp3) is 0.500. The fourth-order valence-corrected chi connectivity index (χ4v) is 2.12. The van der Waals surface area contributed by atoms with E-state index in [4.69, 9.17) is 5.11 Å². The highest BCUT2D eigenvalue weighted by molar-refractivity contribution is 5.85. The van der Waals surface area contributed by atoms with E-state index in [1.807, 2.05) is 6.07 Å². The van der Waals surface area contributed by atoms with Gasteiger partial charge in [-0.3, -0.25) is 0 Å². The van der Waals surface area contributed by atoms with Crippen molar-refractivity contribution in [3.8, 4) is 0 Å². The highest BCUT2D eigenvalue weighted by Crippen LogP contribution is 2.27. The van der Waals surface area contributed by atoms with Crippen LogP contribution < -0.4 is 4.90 Å². The van der Waals surface area contributed by atoms with Gasteiger partial charge in [0, 0.05) is 12.6 Å². The van der Waals surface area contributed by atoms with Crippen molar-refractivity contribution >= 4 is 11.8 Å². The SMILES string of the molecule is CC1CCN(c2cccc(C(=O)O)n2)C1C. The van der Waals surface area contributed by atoms with Gasteiger partial charge in [0.1, 0.15) is 5.82 Å². The molecule has 1 aliphatic heterocycles. The zero-order chi connectivity index (χ0) is 11.7. The third-order valence-electron chi connectivity index (χ3n) is 3.39. The number of carboxylic acid groups (broad SMARTS) is 1. The van der Waals surface area contributed by atoms with Crippen LogP contribution in [-0.2, 0) is 0 Å². The standard InChI is InChI=1S/C12H16N2O2/c1-8-6-7-14(9(8)2)11-5-3-4-10(13-11)12(15)16/h3-5,8-9H,6-7H2,1-2H3,(H,15,16). The molecule has 1 saturated heterocycles. The monoisotopic (exact) mass is 220 g/mol. The highest BCUT2D eigenvalue weighted by Gasteiger charge is 2.28. The van der Waals surface area contributed by atoms with Crippen molar-refractivity contribution in [2.75, 3.05) is 11.4 Å². The topological polar surface area (TPSA) is 53.4 Å². The molecule has 4 heteroatoms. The van der Waals surface area contributed by atoms with Gasteiger partial charge in [-0.15, -0.1) is 0 Å².